The number of ether oxygens (including phenoxy) is 1. The standard InChI is InChI=1S/C17H25NO2S/c1-3-9-20-17(19)15-11-14(10-12(2)16(15)18)21-13-7-5-4-6-8-13/h10-11,13H,3-9,18H2,1-2H3. The van der Waals surface area contributed by atoms with E-state index in [-0.39, 0.29) is 5.97 Å². The molecule has 0 atom stereocenters. The Labute approximate surface area is 131 Å². The van der Waals surface area contributed by atoms with E-state index in [9.17, 15) is 4.79 Å². The summed E-state index contributed by atoms with van der Waals surface area (Å²) in [6, 6.07) is 3.99. The van der Waals surface area contributed by atoms with Crippen molar-refractivity contribution in [3.63, 3.8) is 0 Å². The van der Waals surface area contributed by atoms with E-state index in [2.05, 4.69) is 6.07 Å². The van der Waals surface area contributed by atoms with E-state index in [1.165, 1.54) is 32.1 Å². The Bertz CT molecular complexity index is 496. The zero-order chi connectivity index (χ0) is 15.2. The first kappa shape index (κ1) is 16.2. The van der Waals surface area contributed by atoms with Gasteiger partial charge in [0.25, 0.3) is 0 Å². The number of benzene rings is 1. The molecule has 0 radical (unpaired) electrons. The Morgan fingerprint density at radius 1 is 1.33 bits per heavy atom. The molecule has 1 aliphatic rings. The molecule has 116 valence electrons. The highest BCUT2D eigenvalue weighted by Crippen LogP contribution is 2.35. The molecule has 2 rings (SSSR count). The summed E-state index contributed by atoms with van der Waals surface area (Å²) in [6.45, 7) is 4.38. The summed E-state index contributed by atoms with van der Waals surface area (Å²) >= 11 is 1.88. The topological polar surface area (TPSA) is 52.3 Å². The fourth-order valence-electron chi connectivity index (χ4n) is 2.65. The minimum atomic E-state index is -0.302. The lowest BCUT2D eigenvalue weighted by Crippen LogP contribution is -2.11. The molecule has 0 saturated heterocycles. The smallest absolute Gasteiger partial charge is 0.340 e. The van der Waals surface area contributed by atoms with E-state index in [0.717, 1.165) is 16.9 Å². The predicted molar refractivity (Wildman–Crippen MR) is 88.9 cm³/mol. The van der Waals surface area contributed by atoms with Gasteiger partial charge in [-0.3, -0.25) is 0 Å². The first-order chi connectivity index (χ1) is 10.1. The van der Waals surface area contributed by atoms with Crippen LogP contribution in [0.2, 0.25) is 0 Å². The number of anilines is 1. The lowest BCUT2D eigenvalue weighted by molar-refractivity contribution is 0.0506. The molecule has 0 unspecified atom stereocenters. The van der Waals surface area contributed by atoms with E-state index in [4.69, 9.17) is 10.5 Å². The molecular formula is C17H25NO2S. The van der Waals surface area contributed by atoms with Crippen LogP contribution in [0.1, 0.15) is 61.4 Å². The van der Waals surface area contributed by atoms with Crippen LogP contribution in [-0.2, 0) is 4.74 Å². The Morgan fingerprint density at radius 3 is 2.71 bits per heavy atom. The van der Waals surface area contributed by atoms with Gasteiger partial charge in [-0.25, -0.2) is 4.79 Å². The summed E-state index contributed by atoms with van der Waals surface area (Å²) in [6.07, 6.45) is 7.34. The van der Waals surface area contributed by atoms with E-state index >= 15 is 0 Å². The van der Waals surface area contributed by atoms with Crippen molar-refractivity contribution in [2.75, 3.05) is 12.3 Å². The third-order valence-electron chi connectivity index (χ3n) is 3.87. The van der Waals surface area contributed by atoms with Crippen LogP contribution in [0.25, 0.3) is 0 Å². The first-order valence-electron chi connectivity index (χ1n) is 7.85. The zero-order valence-electron chi connectivity index (χ0n) is 13.0. The fraction of sp³-hybridized carbons (Fsp3) is 0.588. The largest absolute Gasteiger partial charge is 0.462 e. The number of carbonyl (C=O) groups excluding carboxylic acids is 1. The third-order valence-corrected chi connectivity index (χ3v) is 5.19. The third kappa shape index (κ3) is 4.40. The normalized spacial score (nSPS) is 15.9. The van der Waals surface area contributed by atoms with Gasteiger partial charge in [-0.15, -0.1) is 11.8 Å². The van der Waals surface area contributed by atoms with Crippen molar-refractivity contribution in [2.45, 2.75) is 62.5 Å². The van der Waals surface area contributed by atoms with Crippen molar-refractivity contribution in [1.82, 2.24) is 0 Å². The van der Waals surface area contributed by atoms with Gasteiger partial charge in [-0.05, 0) is 43.9 Å². The summed E-state index contributed by atoms with van der Waals surface area (Å²) < 4.78 is 5.23. The Morgan fingerprint density at radius 2 is 2.05 bits per heavy atom. The molecule has 0 amide bonds. The molecule has 0 aromatic heterocycles. The maximum Gasteiger partial charge on any atom is 0.340 e. The van der Waals surface area contributed by atoms with Crippen LogP contribution in [0.4, 0.5) is 5.69 Å². The van der Waals surface area contributed by atoms with E-state index in [0.29, 0.717) is 23.1 Å². The van der Waals surface area contributed by atoms with Gasteiger partial charge < -0.3 is 10.5 Å². The Balaban J connectivity index is 2.14. The van der Waals surface area contributed by atoms with Crippen LogP contribution in [0.3, 0.4) is 0 Å². The van der Waals surface area contributed by atoms with Gasteiger partial charge in [0.1, 0.15) is 0 Å². The van der Waals surface area contributed by atoms with Crippen molar-refractivity contribution >= 4 is 23.4 Å². The molecule has 0 bridgehead atoms. The number of hydrogen-bond donors (Lipinski definition) is 1. The maximum absolute atomic E-state index is 12.1. The van der Waals surface area contributed by atoms with Crippen molar-refractivity contribution in [1.29, 1.82) is 0 Å². The average Bonchev–Trinajstić information content (AvgIpc) is 2.49. The lowest BCUT2D eigenvalue weighted by Gasteiger charge is -2.21. The highest BCUT2D eigenvalue weighted by atomic mass is 32.2. The Kier molecular flexibility index (Phi) is 5.97. The summed E-state index contributed by atoms with van der Waals surface area (Å²) in [5.41, 5.74) is 8.07. The van der Waals surface area contributed by atoms with Gasteiger partial charge >= 0.3 is 5.97 Å². The van der Waals surface area contributed by atoms with Crippen LogP contribution < -0.4 is 5.73 Å². The highest BCUT2D eigenvalue weighted by Gasteiger charge is 2.18. The van der Waals surface area contributed by atoms with Gasteiger partial charge in [0, 0.05) is 15.8 Å². The lowest BCUT2D eigenvalue weighted by atomic mass is 10.0. The van der Waals surface area contributed by atoms with Crippen LogP contribution >= 0.6 is 11.8 Å². The molecule has 1 aromatic carbocycles. The van der Waals surface area contributed by atoms with Gasteiger partial charge in [0.05, 0.1) is 12.2 Å². The first-order valence-corrected chi connectivity index (χ1v) is 8.73. The molecule has 0 spiro atoms. The van der Waals surface area contributed by atoms with Crippen LogP contribution in [0, 0.1) is 6.92 Å². The summed E-state index contributed by atoms with van der Waals surface area (Å²) in [4.78, 5) is 13.2. The van der Waals surface area contributed by atoms with Crippen LogP contribution in [0.15, 0.2) is 17.0 Å². The van der Waals surface area contributed by atoms with Crippen LogP contribution in [0.5, 0.6) is 0 Å². The second-order valence-corrected chi connectivity index (χ2v) is 7.09. The number of rotatable bonds is 5. The second kappa shape index (κ2) is 7.74. The monoisotopic (exact) mass is 307 g/mol. The highest BCUT2D eigenvalue weighted by molar-refractivity contribution is 8.00. The summed E-state index contributed by atoms with van der Waals surface area (Å²) in [5.74, 6) is -0.302. The number of thioether (sulfide) groups is 1. The van der Waals surface area contributed by atoms with Crippen molar-refractivity contribution in [2.24, 2.45) is 0 Å². The number of aryl methyl sites for hydroxylation is 1. The van der Waals surface area contributed by atoms with Gasteiger partial charge in [-0.2, -0.15) is 0 Å². The Hall–Kier alpha value is -1.16. The molecule has 0 heterocycles. The average molecular weight is 307 g/mol. The SMILES string of the molecule is CCCOC(=O)c1cc(SC2CCCCC2)cc(C)c1N. The molecule has 2 N–H and O–H groups in total. The van der Waals surface area contributed by atoms with Gasteiger partial charge in [-0.1, -0.05) is 26.2 Å². The molecule has 1 fully saturated rings. The molecule has 4 heteroatoms. The van der Waals surface area contributed by atoms with Crippen molar-refractivity contribution < 1.29 is 9.53 Å². The van der Waals surface area contributed by atoms with Gasteiger partial charge in [0.15, 0.2) is 0 Å². The molecule has 21 heavy (non-hydrogen) atoms. The van der Waals surface area contributed by atoms with E-state index < -0.39 is 0 Å². The van der Waals surface area contributed by atoms with Crippen LogP contribution in [-0.4, -0.2) is 17.8 Å². The quantitative estimate of drug-likeness (QED) is 0.639. The molecule has 3 nitrogen and oxygen atoms in total. The number of carbonyl (C=O) groups is 1. The molecule has 1 saturated carbocycles. The number of nitrogen functional groups attached to an aromatic ring is 1. The van der Waals surface area contributed by atoms with Crippen molar-refractivity contribution in [3.8, 4) is 0 Å². The molecular weight excluding hydrogens is 282 g/mol. The summed E-state index contributed by atoms with van der Waals surface area (Å²) in [7, 11) is 0. The molecule has 1 aromatic rings. The maximum atomic E-state index is 12.1. The number of nitrogens with two attached hydrogens (primary N) is 1. The molecule has 1 aliphatic carbocycles. The summed E-state index contributed by atoms with van der Waals surface area (Å²) in [5, 5.41) is 0.668. The fourth-order valence-corrected chi connectivity index (χ4v) is 4.03. The van der Waals surface area contributed by atoms with E-state index in [1.807, 2.05) is 31.7 Å². The number of esters is 1. The van der Waals surface area contributed by atoms with E-state index in [1.54, 1.807) is 0 Å². The minimum absolute atomic E-state index is 0.302. The van der Waals surface area contributed by atoms with Gasteiger partial charge in [0.2, 0.25) is 0 Å². The number of hydrogen-bond acceptors (Lipinski definition) is 4. The second-order valence-electron chi connectivity index (χ2n) is 5.72. The zero-order valence-corrected chi connectivity index (χ0v) is 13.8. The molecule has 0 aliphatic heterocycles. The predicted octanol–water partition coefficient (Wildman–Crippen LogP) is 4.57. The van der Waals surface area contributed by atoms with Crippen molar-refractivity contribution in [3.05, 3.63) is 23.3 Å². The minimum Gasteiger partial charge on any atom is -0.462 e.